The topological polar surface area (TPSA) is 118 Å². The Morgan fingerprint density at radius 2 is 1.58 bits per heavy atom. The Balaban J connectivity index is 4.07. The van der Waals surface area contributed by atoms with Gasteiger partial charge in [0.05, 0.1) is 6.61 Å². The molecule has 0 aliphatic carbocycles. The Kier molecular flexibility index (Phi) is 4.95. The summed E-state index contributed by atoms with van der Waals surface area (Å²) in [5.41, 5.74) is 0. The molecule has 4 atom stereocenters. The maximum atomic E-state index is 9.90. The number of hydrogen-bond donors (Lipinski definition) is 5. The summed E-state index contributed by atoms with van der Waals surface area (Å²) < 4.78 is 0. The zero-order valence-corrected chi connectivity index (χ0v) is 6.24. The first-order valence-corrected chi connectivity index (χ1v) is 3.33. The van der Waals surface area contributed by atoms with Gasteiger partial charge in [0.2, 0.25) is 0 Å². The van der Waals surface area contributed by atoms with Crippen LogP contribution in [0.15, 0.2) is 0 Å². The lowest BCUT2D eigenvalue weighted by Crippen LogP contribution is -2.46. The molecule has 0 aromatic carbocycles. The summed E-state index contributed by atoms with van der Waals surface area (Å²) in [6.07, 6.45) is -6.84. The van der Waals surface area contributed by atoms with Crippen LogP contribution in [0.25, 0.3) is 0 Å². The SMILES string of the molecule is O=[12CH][C@H](O)[C@@H](O)[C@H](O)[C@H](O)CO. The van der Waals surface area contributed by atoms with E-state index in [1.165, 1.54) is 0 Å². The lowest BCUT2D eigenvalue weighted by molar-refractivity contribution is -0.136. The number of carbonyl (C=O) groups excluding carboxylic acids is 1. The largest absolute Gasteiger partial charge is 0.394 e. The Bertz CT molecular complexity index is 138. The average molecular weight is 180 g/mol. The fourth-order valence-corrected chi connectivity index (χ4v) is 0.618. The lowest BCUT2D eigenvalue weighted by Gasteiger charge is -2.22. The molecule has 72 valence electrons. The summed E-state index contributed by atoms with van der Waals surface area (Å²) in [6, 6.07) is 0. The highest BCUT2D eigenvalue weighted by molar-refractivity contribution is 5.56. The van der Waals surface area contributed by atoms with Crippen LogP contribution >= 0.6 is 0 Å². The first-order valence-electron chi connectivity index (χ1n) is 3.33. The van der Waals surface area contributed by atoms with Gasteiger partial charge in [0.1, 0.15) is 24.4 Å². The molecule has 0 spiro atoms. The number of carbonyl (C=O) groups is 1. The predicted molar refractivity (Wildman–Crippen MR) is 37.2 cm³/mol. The van der Waals surface area contributed by atoms with Crippen molar-refractivity contribution in [3.05, 3.63) is 0 Å². The van der Waals surface area contributed by atoms with Crippen molar-refractivity contribution < 1.29 is 30.3 Å². The molecule has 0 saturated heterocycles. The summed E-state index contributed by atoms with van der Waals surface area (Å²) >= 11 is 0. The third kappa shape index (κ3) is 2.84. The standard InChI is InChI=1S/C6H12O6/c7-1-3(9)5(11)6(12)4(10)2-8/h1,3-6,8-12H,2H2/t3-,4+,5+,6+/m0/s1/i1+0. The summed E-state index contributed by atoms with van der Waals surface area (Å²) in [7, 11) is 0. The summed E-state index contributed by atoms with van der Waals surface area (Å²) in [4.78, 5) is 9.90. The van der Waals surface area contributed by atoms with E-state index in [-0.39, 0.29) is 6.29 Å². The van der Waals surface area contributed by atoms with E-state index in [0.717, 1.165) is 0 Å². The molecule has 0 saturated carbocycles. The van der Waals surface area contributed by atoms with E-state index >= 15 is 0 Å². The molecule has 12 heavy (non-hydrogen) atoms. The van der Waals surface area contributed by atoms with Gasteiger partial charge in [-0.3, -0.25) is 0 Å². The molecule has 6 heteroatoms. The van der Waals surface area contributed by atoms with Gasteiger partial charge in [0, 0.05) is 0 Å². The number of rotatable bonds is 5. The second kappa shape index (κ2) is 5.18. The van der Waals surface area contributed by atoms with E-state index in [0.29, 0.717) is 0 Å². The van der Waals surface area contributed by atoms with E-state index in [1.54, 1.807) is 0 Å². The molecule has 0 aliphatic rings. The second-order valence-corrected chi connectivity index (χ2v) is 2.36. The van der Waals surface area contributed by atoms with Crippen molar-refractivity contribution in [2.45, 2.75) is 24.4 Å². The molecule has 0 bridgehead atoms. The summed E-state index contributed by atoms with van der Waals surface area (Å²) in [5, 5.41) is 43.5. The number of aldehydes is 1. The smallest absolute Gasteiger partial charge is 0.151 e. The van der Waals surface area contributed by atoms with Crippen LogP contribution in [0.1, 0.15) is 0 Å². The maximum absolute atomic E-state index is 9.90. The monoisotopic (exact) mass is 180 g/mol. The van der Waals surface area contributed by atoms with Gasteiger partial charge >= 0.3 is 0 Å². The molecule has 0 aromatic rings. The van der Waals surface area contributed by atoms with Gasteiger partial charge in [-0.15, -0.1) is 0 Å². The minimum absolute atomic E-state index is 0.0258. The van der Waals surface area contributed by atoms with Crippen LogP contribution in [0.2, 0.25) is 0 Å². The molecule has 0 fully saturated rings. The van der Waals surface area contributed by atoms with E-state index in [2.05, 4.69) is 0 Å². The fraction of sp³-hybridized carbons (Fsp3) is 0.833. The van der Waals surface area contributed by atoms with E-state index < -0.39 is 31.0 Å². The number of aliphatic hydroxyl groups is 5. The molecule has 0 aromatic heterocycles. The minimum atomic E-state index is -1.79. The molecule has 0 aliphatic heterocycles. The molecule has 0 amide bonds. The van der Waals surface area contributed by atoms with Crippen LogP contribution in [-0.2, 0) is 4.79 Å². The number of hydrogen-bond acceptors (Lipinski definition) is 6. The lowest BCUT2D eigenvalue weighted by atomic mass is 10.0. The first kappa shape index (κ1) is 11.5. The van der Waals surface area contributed by atoms with Crippen LogP contribution in [0, 0.1) is 0 Å². The van der Waals surface area contributed by atoms with Crippen LogP contribution in [0.3, 0.4) is 0 Å². The molecular weight excluding hydrogens is 168 g/mol. The summed E-state index contributed by atoms with van der Waals surface area (Å²) in [5.74, 6) is 0. The molecule has 6 nitrogen and oxygen atoms in total. The molecular formula is C6H12O6. The van der Waals surface area contributed by atoms with E-state index in [4.69, 9.17) is 25.5 Å². The van der Waals surface area contributed by atoms with Crippen LogP contribution < -0.4 is 0 Å². The zero-order valence-electron chi connectivity index (χ0n) is 6.24. The second-order valence-electron chi connectivity index (χ2n) is 2.36. The molecule has 0 heterocycles. The van der Waals surface area contributed by atoms with Crippen molar-refractivity contribution >= 4 is 6.29 Å². The van der Waals surface area contributed by atoms with Gasteiger partial charge in [-0.25, -0.2) is 0 Å². The van der Waals surface area contributed by atoms with Crippen molar-refractivity contribution in [3.63, 3.8) is 0 Å². The first-order chi connectivity index (χ1) is 5.54. The average Bonchev–Trinajstić information content (AvgIpc) is 2.12. The Hall–Kier alpha value is -0.530. The number of aliphatic hydroxyl groups excluding tert-OH is 5. The highest BCUT2D eigenvalue weighted by Crippen LogP contribution is 2.02. The highest BCUT2D eigenvalue weighted by Gasteiger charge is 2.29. The quantitative estimate of drug-likeness (QED) is 0.282. The molecule has 0 unspecified atom stereocenters. The van der Waals surface area contributed by atoms with Crippen molar-refractivity contribution in [3.8, 4) is 0 Å². The van der Waals surface area contributed by atoms with Gasteiger partial charge in [-0.05, 0) is 0 Å². The van der Waals surface area contributed by atoms with Crippen LogP contribution in [0.5, 0.6) is 0 Å². The maximum Gasteiger partial charge on any atom is 0.151 e. The molecule has 0 rings (SSSR count). The van der Waals surface area contributed by atoms with Gasteiger partial charge in [0.15, 0.2) is 6.29 Å². The van der Waals surface area contributed by atoms with Crippen LogP contribution in [0.4, 0.5) is 0 Å². The van der Waals surface area contributed by atoms with Gasteiger partial charge < -0.3 is 30.3 Å². The van der Waals surface area contributed by atoms with Gasteiger partial charge in [-0.1, -0.05) is 0 Å². The van der Waals surface area contributed by atoms with Gasteiger partial charge in [0.25, 0.3) is 0 Å². The molecule has 5 N–H and O–H groups in total. The third-order valence-corrected chi connectivity index (χ3v) is 1.42. The minimum Gasteiger partial charge on any atom is -0.394 e. The van der Waals surface area contributed by atoms with Crippen molar-refractivity contribution in [2.75, 3.05) is 6.61 Å². The van der Waals surface area contributed by atoms with Crippen molar-refractivity contribution in [1.29, 1.82) is 0 Å². The van der Waals surface area contributed by atoms with E-state index in [1.807, 2.05) is 0 Å². The van der Waals surface area contributed by atoms with Crippen LogP contribution in [-0.4, -0.2) is 62.8 Å². The Labute approximate surface area is 68.7 Å². The Morgan fingerprint density at radius 3 is 1.92 bits per heavy atom. The van der Waals surface area contributed by atoms with E-state index in [9.17, 15) is 4.79 Å². The highest BCUT2D eigenvalue weighted by atomic mass is 16.4. The molecule has 0 radical (unpaired) electrons. The third-order valence-electron chi connectivity index (χ3n) is 1.42. The fourth-order valence-electron chi connectivity index (χ4n) is 0.618. The zero-order chi connectivity index (χ0) is 9.72. The normalized spacial score (nSPS) is 21.1. The van der Waals surface area contributed by atoms with Crippen molar-refractivity contribution in [1.82, 2.24) is 0 Å². The summed E-state index contributed by atoms with van der Waals surface area (Å²) in [6.45, 7) is -0.760. The van der Waals surface area contributed by atoms with Gasteiger partial charge in [-0.2, -0.15) is 0 Å². The predicted octanol–water partition coefficient (Wildman–Crippen LogP) is -3.38. The van der Waals surface area contributed by atoms with Crippen molar-refractivity contribution in [2.24, 2.45) is 0 Å². The Morgan fingerprint density at radius 1 is 1.08 bits per heavy atom.